The van der Waals surface area contributed by atoms with E-state index in [0.29, 0.717) is 11.8 Å². The van der Waals surface area contributed by atoms with Gasteiger partial charge < -0.3 is 5.32 Å². The maximum atomic E-state index is 13.9. The van der Waals surface area contributed by atoms with Crippen LogP contribution in [0.5, 0.6) is 0 Å². The third-order valence-electron chi connectivity index (χ3n) is 3.56. The van der Waals surface area contributed by atoms with E-state index < -0.39 is 35.2 Å². The van der Waals surface area contributed by atoms with Crippen LogP contribution in [0.25, 0.3) is 6.08 Å². The zero-order valence-electron chi connectivity index (χ0n) is 13.5. The molecule has 0 aromatic heterocycles. The van der Waals surface area contributed by atoms with Gasteiger partial charge in [-0.2, -0.15) is 0 Å². The number of carbonyl (C=O) groups excluding carboxylic acids is 3. The molecular weight excluding hydrogens is 398 g/mol. The van der Waals surface area contributed by atoms with Gasteiger partial charge in [-0.05, 0) is 48.2 Å². The Kier molecular flexibility index (Phi) is 5.57. The van der Waals surface area contributed by atoms with Crippen molar-refractivity contribution in [2.45, 2.75) is 0 Å². The van der Waals surface area contributed by atoms with Crippen LogP contribution in [0.1, 0.15) is 5.56 Å². The number of nitrogens with zero attached hydrogens (tertiary/aromatic N) is 1. The predicted molar refractivity (Wildman–Crippen MR) is 99.1 cm³/mol. The summed E-state index contributed by atoms with van der Waals surface area (Å²) in [6.45, 7) is -0.552. The third kappa shape index (κ3) is 4.35. The third-order valence-corrected chi connectivity index (χ3v) is 4.80. The van der Waals surface area contributed by atoms with Gasteiger partial charge in [-0.15, -0.1) is 0 Å². The van der Waals surface area contributed by atoms with Crippen LogP contribution >= 0.6 is 23.4 Å². The van der Waals surface area contributed by atoms with Crippen molar-refractivity contribution in [2.24, 2.45) is 0 Å². The molecule has 1 aliphatic heterocycles. The molecule has 1 saturated heterocycles. The Morgan fingerprint density at radius 2 is 1.93 bits per heavy atom. The number of nitrogens with one attached hydrogen (secondary N) is 1. The van der Waals surface area contributed by atoms with E-state index in [-0.39, 0.29) is 21.2 Å². The summed E-state index contributed by atoms with van der Waals surface area (Å²) < 4.78 is 27.0. The molecular formula is C18H11ClF2N2O3S. The topological polar surface area (TPSA) is 66.5 Å². The Bertz CT molecular complexity index is 961. The zero-order valence-corrected chi connectivity index (χ0v) is 15.1. The summed E-state index contributed by atoms with van der Waals surface area (Å²) in [5.74, 6) is -2.59. The fraction of sp³-hybridized carbons (Fsp3) is 0.0556. The number of carbonyl (C=O) groups is 3. The van der Waals surface area contributed by atoms with E-state index >= 15 is 0 Å². The lowest BCUT2D eigenvalue weighted by molar-refractivity contribution is -0.127. The smallest absolute Gasteiger partial charge is 0.294 e. The molecule has 3 amide bonds. The molecule has 2 aromatic rings. The zero-order chi connectivity index (χ0) is 19.6. The standard InChI is InChI=1S/C18H11ClF2N2O3S/c19-13-5-2-6-14(21)12(13)8-15-17(25)23(18(26)27-15)9-16(24)22-11-4-1-3-10(20)7-11/h1-8H,9H2,(H,22,24)/b15-8+. The number of benzene rings is 2. The molecule has 3 rings (SSSR count). The minimum absolute atomic E-state index is 0.0196. The number of imide groups is 1. The molecule has 27 heavy (non-hydrogen) atoms. The minimum atomic E-state index is -0.737. The molecule has 0 bridgehead atoms. The number of rotatable bonds is 4. The van der Waals surface area contributed by atoms with Gasteiger partial charge in [0, 0.05) is 11.3 Å². The SMILES string of the molecule is O=C(CN1C(=O)S/C(=C/c2c(F)cccc2Cl)C1=O)Nc1cccc(F)c1. The Morgan fingerprint density at radius 3 is 2.63 bits per heavy atom. The second-order valence-electron chi connectivity index (χ2n) is 5.46. The average molecular weight is 409 g/mol. The lowest BCUT2D eigenvalue weighted by Crippen LogP contribution is -2.36. The lowest BCUT2D eigenvalue weighted by Gasteiger charge is -2.12. The van der Waals surface area contributed by atoms with Crippen LogP contribution in [0, 0.1) is 11.6 Å². The quantitative estimate of drug-likeness (QED) is 0.766. The van der Waals surface area contributed by atoms with Crippen LogP contribution in [-0.2, 0) is 9.59 Å². The van der Waals surface area contributed by atoms with E-state index in [2.05, 4.69) is 5.32 Å². The Morgan fingerprint density at radius 1 is 1.19 bits per heavy atom. The van der Waals surface area contributed by atoms with Gasteiger partial charge in [-0.3, -0.25) is 19.3 Å². The van der Waals surface area contributed by atoms with Gasteiger partial charge in [0.1, 0.15) is 18.2 Å². The molecule has 1 N–H and O–H groups in total. The van der Waals surface area contributed by atoms with Gasteiger partial charge in [0.15, 0.2) is 0 Å². The molecule has 0 spiro atoms. The summed E-state index contributed by atoms with van der Waals surface area (Å²) in [6, 6.07) is 9.23. The number of hydrogen-bond acceptors (Lipinski definition) is 4. The molecule has 1 heterocycles. The molecule has 2 aromatic carbocycles. The van der Waals surface area contributed by atoms with Crippen LogP contribution in [0.15, 0.2) is 47.4 Å². The summed E-state index contributed by atoms with van der Waals surface area (Å²) in [7, 11) is 0. The van der Waals surface area contributed by atoms with E-state index in [1.807, 2.05) is 0 Å². The molecule has 0 aliphatic carbocycles. The van der Waals surface area contributed by atoms with E-state index in [0.717, 1.165) is 11.0 Å². The highest BCUT2D eigenvalue weighted by molar-refractivity contribution is 8.18. The highest BCUT2D eigenvalue weighted by atomic mass is 35.5. The van der Waals surface area contributed by atoms with Crippen LogP contribution < -0.4 is 5.32 Å². The lowest BCUT2D eigenvalue weighted by atomic mass is 10.2. The Labute approximate surface area is 162 Å². The number of halogens is 3. The number of amides is 3. The predicted octanol–water partition coefficient (Wildman–Crippen LogP) is 4.29. The molecule has 138 valence electrons. The van der Waals surface area contributed by atoms with E-state index in [4.69, 9.17) is 11.6 Å². The first-order valence-corrected chi connectivity index (χ1v) is 8.79. The first-order valence-electron chi connectivity index (χ1n) is 7.60. The van der Waals surface area contributed by atoms with Gasteiger partial charge in [0.05, 0.1) is 9.93 Å². The molecule has 1 fully saturated rings. The maximum Gasteiger partial charge on any atom is 0.294 e. The average Bonchev–Trinajstić information content (AvgIpc) is 2.86. The summed E-state index contributed by atoms with van der Waals surface area (Å²) in [4.78, 5) is 37.2. The molecule has 9 heteroatoms. The van der Waals surface area contributed by atoms with E-state index in [1.54, 1.807) is 0 Å². The van der Waals surface area contributed by atoms with Crippen molar-refractivity contribution in [2.75, 3.05) is 11.9 Å². The van der Waals surface area contributed by atoms with Gasteiger partial charge in [0.2, 0.25) is 5.91 Å². The van der Waals surface area contributed by atoms with Crippen LogP contribution in [0.3, 0.4) is 0 Å². The largest absolute Gasteiger partial charge is 0.324 e. The highest BCUT2D eigenvalue weighted by Gasteiger charge is 2.36. The first-order chi connectivity index (χ1) is 12.8. The second kappa shape index (κ2) is 7.89. The summed E-state index contributed by atoms with van der Waals surface area (Å²) in [5, 5.41) is 1.81. The van der Waals surface area contributed by atoms with Gasteiger partial charge >= 0.3 is 0 Å². The fourth-order valence-electron chi connectivity index (χ4n) is 2.33. The van der Waals surface area contributed by atoms with Crippen LogP contribution in [-0.4, -0.2) is 28.5 Å². The van der Waals surface area contributed by atoms with E-state index in [1.165, 1.54) is 42.5 Å². The first kappa shape index (κ1) is 19.1. The van der Waals surface area contributed by atoms with Crippen LogP contribution in [0.4, 0.5) is 19.3 Å². The summed E-state index contributed by atoms with van der Waals surface area (Å²) >= 11 is 6.50. The van der Waals surface area contributed by atoms with Crippen molar-refractivity contribution in [3.8, 4) is 0 Å². The van der Waals surface area contributed by atoms with Gasteiger partial charge in [-0.1, -0.05) is 23.7 Å². The van der Waals surface area contributed by atoms with Crippen molar-refractivity contribution in [1.29, 1.82) is 0 Å². The molecule has 5 nitrogen and oxygen atoms in total. The summed E-state index contributed by atoms with van der Waals surface area (Å²) in [5.41, 5.74) is 0.175. The van der Waals surface area contributed by atoms with Crippen molar-refractivity contribution >= 4 is 52.2 Å². The van der Waals surface area contributed by atoms with Crippen molar-refractivity contribution in [3.63, 3.8) is 0 Å². The van der Waals surface area contributed by atoms with Crippen molar-refractivity contribution in [1.82, 2.24) is 4.90 Å². The van der Waals surface area contributed by atoms with Gasteiger partial charge in [0.25, 0.3) is 11.1 Å². The number of hydrogen-bond donors (Lipinski definition) is 1. The molecule has 0 radical (unpaired) electrons. The Balaban J connectivity index is 1.74. The van der Waals surface area contributed by atoms with Crippen LogP contribution in [0.2, 0.25) is 5.02 Å². The monoisotopic (exact) mass is 408 g/mol. The molecule has 0 unspecified atom stereocenters. The van der Waals surface area contributed by atoms with Gasteiger partial charge in [-0.25, -0.2) is 8.78 Å². The number of anilines is 1. The number of thioether (sulfide) groups is 1. The molecule has 0 atom stereocenters. The Hall–Kier alpha value is -2.71. The highest BCUT2D eigenvalue weighted by Crippen LogP contribution is 2.34. The van der Waals surface area contributed by atoms with Crippen molar-refractivity contribution in [3.05, 3.63) is 69.6 Å². The fourth-order valence-corrected chi connectivity index (χ4v) is 3.36. The maximum absolute atomic E-state index is 13.9. The normalized spacial score (nSPS) is 15.5. The molecule has 1 aliphatic rings. The minimum Gasteiger partial charge on any atom is -0.324 e. The second-order valence-corrected chi connectivity index (χ2v) is 6.86. The summed E-state index contributed by atoms with van der Waals surface area (Å²) in [6.07, 6.45) is 1.17. The molecule has 0 saturated carbocycles. The van der Waals surface area contributed by atoms with E-state index in [9.17, 15) is 23.2 Å². The van der Waals surface area contributed by atoms with Crippen molar-refractivity contribution < 1.29 is 23.2 Å².